The van der Waals surface area contributed by atoms with E-state index in [9.17, 15) is 0 Å². The van der Waals surface area contributed by atoms with Gasteiger partial charge >= 0.3 is 0 Å². The highest BCUT2D eigenvalue weighted by Crippen LogP contribution is 2.42. The van der Waals surface area contributed by atoms with Gasteiger partial charge in [-0.1, -0.05) is 121 Å². The first-order valence-electron chi connectivity index (χ1n) is 19.0. The Balaban J connectivity index is 0.958. The lowest BCUT2D eigenvalue weighted by Gasteiger charge is -2.09. The van der Waals surface area contributed by atoms with Gasteiger partial charge in [0.05, 0.1) is 11.0 Å². The van der Waals surface area contributed by atoms with Gasteiger partial charge in [0, 0.05) is 70.2 Å². The molecule has 0 bridgehead atoms. The second-order valence-electron chi connectivity index (χ2n) is 14.4. The van der Waals surface area contributed by atoms with E-state index < -0.39 is 0 Å². The third kappa shape index (κ3) is 5.12. The molecule has 0 unspecified atom stereocenters. The minimum atomic E-state index is 0.657. The van der Waals surface area contributed by atoms with E-state index in [-0.39, 0.29) is 0 Å². The van der Waals surface area contributed by atoms with Gasteiger partial charge in [0.15, 0.2) is 17.5 Å². The minimum Gasteiger partial charge on any atom is -0.456 e. The van der Waals surface area contributed by atoms with E-state index in [1.807, 2.05) is 60.7 Å². The molecule has 4 heterocycles. The van der Waals surface area contributed by atoms with Crippen molar-refractivity contribution in [2.24, 2.45) is 0 Å². The highest BCUT2D eigenvalue weighted by Gasteiger charge is 2.18. The summed E-state index contributed by atoms with van der Waals surface area (Å²) in [6, 6.07) is 63.8. The van der Waals surface area contributed by atoms with Crippen LogP contribution in [0, 0.1) is 0 Å². The Morgan fingerprint density at radius 2 is 0.982 bits per heavy atom. The molecule has 0 spiro atoms. The van der Waals surface area contributed by atoms with Crippen molar-refractivity contribution in [2.75, 3.05) is 0 Å². The summed E-state index contributed by atoms with van der Waals surface area (Å²) in [7, 11) is 0. The zero-order chi connectivity index (χ0) is 37.5. The van der Waals surface area contributed by atoms with Gasteiger partial charge in [-0.25, -0.2) is 15.0 Å². The van der Waals surface area contributed by atoms with Gasteiger partial charge in [-0.15, -0.1) is 11.3 Å². The first-order chi connectivity index (χ1) is 28.2. The summed E-state index contributed by atoms with van der Waals surface area (Å²) in [5.41, 5.74) is 10.4. The number of thiophene rings is 1. The number of aromatic nitrogens is 4. The molecule has 0 aliphatic rings. The highest BCUT2D eigenvalue weighted by molar-refractivity contribution is 7.26. The standard InChI is InChI=1S/C51H30N4OS/c1-3-12-31(13-4-1)49-52-50(32-14-5-2-6-15-32)54-51(53-49)40-19-11-18-39-42-29-34(23-27-47(42)57-48(39)40)33-22-26-45-41(28-33)38-25-24-35(30-46(38)56-45)55-43-20-9-7-16-36(43)37-17-8-10-21-44(37)55/h1-30H. The Hall–Kier alpha value is -7.41. The molecule has 0 aliphatic heterocycles. The van der Waals surface area contributed by atoms with Crippen molar-refractivity contribution < 1.29 is 4.42 Å². The van der Waals surface area contributed by atoms with Crippen LogP contribution < -0.4 is 0 Å². The summed E-state index contributed by atoms with van der Waals surface area (Å²) in [5, 5.41) is 7.09. The molecule has 0 aliphatic carbocycles. The third-order valence-electron chi connectivity index (χ3n) is 11.1. The fraction of sp³-hybridized carbons (Fsp3) is 0. The Morgan fingerprint density at radius 1 is 0.386 bits per heavy atom. The summed E-state index contributed by atoms with van der Waals surface area (Å²) in [6.07, 6.45) is 0. The third-order valence-corrected chi connectivity index (χ3v) is 12.3. The molecule has 8 aromatic carbocycles. The Kier molecular flexibility index (Phi) is 7.03. The van der Waals surface area contributed by atoms with Crippen molar-refractivity contribution in [3.05, 3.63) is 182 Å². The van der Waals surface area contributed by atoms with Crippen LogP contribution in [0.25, 0.3) is 115 Å². The lowest BCUT2D eigenvalue weighted by atomic mass is 10.00. The van der Waals surface area contributed by atoms with Crippen molar-refractivity contribution in [1.29, 1.82) is 0 Å². The molecule has 0 saturated carbocycles. The number of benzene rings is 8. The molecule has 0 N–H and O–H groups in total. The molecule has 12 rings (SSSR count). The van der Waals surface area contributed by atoms with Crippen LogP contribution in [-0.2, 0) is 0 Å². The number of rotatable bonds is 5. The Bertz CT molecular complexity index is 3420. The summed E-state index contributed by atoms with van der Waals surface area (Å²) in [4.78, 5) is 15.0. The van der Waals surface area contributed by atoms with Crippen LogP contribution in [0.1, 0.15) is 0 Å². The molecule has 12 aromatic rings. The molecule has 4 aromatic heterocycles. The summed E-state index contributed by atoms with van der Waals surface area (Å²) < 4.78 is 11.2. The topological polar surface area (TPSA) is 56.7 Å². The predicted molar refractivity (Wildman–Crippen MR) is 236 cm³/mol. The zero-order valence-electron chi connectivity index (χ0n) is 30.4. The predicted octanol–water partition coefficient (Wildman–Crippen LogP) is 13.9. The van der Waals surface area contributed by atoms with Crippen LogP contribution in [0.5, 0.6) is 0 Å². The average molecular weight is 747 g/mol. The van der Waals surface area contributed by atoms with E-state index >= 15 is 0 Å². The van der Waals surface area contributed by atoms with Crippen LogP contribution in [0.3, 0.4) is 0 Å². The smallest absolute Gasteiger partial charge is 0.165 e. The second kappa shape index (κ2) is 12.6. The Labute approximate surface area is 330 Å². The Morgan fingerprint density at radius 3 is 1.68 bits per heavy atom. The first kappa shape index (κ1) is 31.9. The van der Waals surface area contributed by atoms with Gasteiger partial charge in [0.1, 0.15) is 11.2 Å². The van der Waals surface area contributed by atoms with Gasteiger partial charge in [-0.2, -0.15) is 0 Å². The van der Waals surface area contributed by atoms with E-state index in [1.54, 1.807) is 11.3 Å². The van der Waals surface area contributed by atoms with Gasteiger partial charge in [-0.05, 0) is 65.7 Å². The summed E-state index contributed by atoms with van der Waals surface area (Å²) in [5.74, 6) is 1.98. The first-order valence-corrected chi connectivity index (χ1v) is 19.8. The molecular formula is C51H30N4OS. The molecule has 57 heavy (non-hydrogen) atoms. The number of fused-ring (bicyclic) bond motifs is 9. The van der Waals surface area contributed by atoms with Crippen LogP contribution in [0.15, 0.2) is 186 Å². The van der Waals surface area contributed by atoms with Crippen molar-refractivity contribution in [1.82, 2.24) is 19.5 Å². The molecule has 0 amide bonds. The second-order valence-corrected chi connectivity index (χ2v) is 15.4. The molecule has 5 nitrogen and oxygen atoms in total. The zero-order valence-corrected chi connectivity index (χ0v) is 31.2. The minimum absolute atomic E-state index is 0.657. The van der Waals surface area contributed by atoms with Crippen molar-refractivity contribution in [3.8, 4) is 51.0 Å². The highest BCUT2D eigenvalue weighted by atomic mass is 32.1. The maximum absolute atomic E-state index is 6.52. The van der Waals surface area contributed by atoms with Gasteiger partial charge < -0.3 is 8.98 Å². The van der Waals surface area contributed by atoms with Crippen LogP contribution in [0.2, 0.25) is 0 Å². The lowest BCUT2D eigenvalue weighted by Crippen LogP contribution is -2.00. The van der Waals surface area contributed by atoms with Gasteiger partial charge in [-0.3, -0.25) is 0 Å². The fourth-order valence-electron chi connectivity index (χ4n) is 8.37. The number of hydrogen-bond acceptors (Lipinski definition) is 5. The normalized spacial score (nSPS) is 11.9. The number of para-hydroxylation sites is 2. The van der Waals surface area contributed by atoms with Crippen molar-refractivity contribution in [3.63, 3.8) is 0 Å². The molecule has 0 atom stereocenters. The summed E-state index contributed by atoms with van der Waals surface area (Å²) >= 11 is 1.78. The quantitative estimate of drug-likeness (QED) is 0.176. The maximum atomic E-state index is 6.52. The van der Waals surface area contributed by atoms with Crippen LogP contribution >= 0.6 is 11.3 Å². The van der Waals surface area contributed by atoms with Gasteiger partial charge in [0.2, 0.25) is 0 Å². The lowest BCUT2D eigenvalue weighted by molar-refractivity contribution is 0.668. The SMILES string of the molecule is c1ccc(-c2nc(-c3ccccc3)nc(-c3cccc4c3sc3ccc(-c5ccc6oc7cc(-n8c9ccccc9c9ccccc98)ccc7c6c5)cc34)n2)cc1. The van der Waals surface area contributed by atoms with Crippen LogP contribution in [0.4, 0.5) is 0 Å². The van der Waals surface area contributed by atoms with E-state index in [0.29, 0.717) is 17.5 Å². The number of furan rings is 1. The van der Waals surface area contributed by atoms with E-state index in [2.05, 4.69) is 126 Å². The molecule has 0 fully saturated rings. The molecule has 6 heteroatoms. The fourth-order valence-corrected chi connectivity index (χ4v) is 9.56. The average Bonchev–Trinajstić information content (AvgIpc) is 3.95. The van der Waals surface area contributed by atoms with Crippen molar-refractivity contribution >= 4 is 75.3 Å². The van der Waals surface area contributed by atoms with Gasteiger partial charge in [0.25, 0.3) is 0 Å². The number of nitrogens with zero attached hydrogens (tertiary/aromatic N) is 4. The van der Waals surface area contributed by atoms with Crippen LogP contribution in [-0.4, -0.2) is 19.5 Å². The molecule has 0 saturated heterocycles. The van der Waals surface area contributed by atoms with E-state index in [0.717, 1.165) is 60.1 Å². The van der Waals surface area contributed by atoms with E-state index in [1.165, 1.54) is 37.3 Å². The monoisotopic (exact) mass is 746 g/mol. The molecule has 0 radical (unpaired) electrons. The molecular weight excluding hydrogens is 717 g/mol. The summed E-state index contributed by atoms with van der Waals surface area (Å²) in [6.45, 7) is 0. The largest absolute Gasteiger partial charge is 0.456 e. The maximum Gasteiger partial charge on any atom is 0.165 e. The number of hydrogen-bond donors (Lipinski definition) is 0. The van der Waals surface area contributed by atoms with E-state index in [4.69, 9.17) is 19.4 Å². The molecule has 266 valence electrons. The van der Waals surface area contributed by atoms with Crippen molar-refractivity contribution in [2.45, 2.75) is 0 Å².